The number of hydrogen-bond acceptors (Lipinski definition) is 2. The summed E-state index contributed by atoms with van der Waals surface area (Å²) in [6, 6.07) is 7.92. The fourth-order valence-corrected chi connectivity index (χ4v) is 2.84. The van der Waals surface area contributed by atoms with Crippen LogP contribution in [-0.2, 0) is 4.79 Å². The van der Waals surface area contributed by atoms with Gasteiger partial charge in [-0.1, -0.05) is 13.8 Å². The van der Waals surface area contributed by atoms with Crippen molar-refractivity contribution in [2.24, 2.45) is 11.3 Å². The maximum atomic E-state index is 12.5. The van der Waals surface area contributed by atoms with E-state index < -0.39 is 0 Å². The molecule has 2 rings (SSSR count). The second-order valence-corrected chi connectivity index (χ2v) is 6.97. The van der Waals surface area contributed by atoms with Gasteiger partial charge in [0.15, 0.2) is 0 Å². The van der Waals surface area contributed by atoms with E-state index in [-0.39, 0.29) is 11.3 Å². The molecule has 1 aromatic carbocycles. The van der Waals surface area contributed by atoms with Crippen molar-refractivity contribution in [1.82, 2.24) is 5.32 Å². The summed E-state index contributed by atoms with van der Waals surface area (Å²) < 4.78 is 1.17. The molecule has 2 N–H and O–H groups in total. The molecule has 1 atom stereocenters. The van der Waals surface area contributed by atoms with Crippen molar-refractivity contribution >= 4 is 34.2 Å². The minimum atomic E-state index is -0.337. The molecule has 1 amide bonds. The standard InChI is InChI=1S/C15H21IN2O/c1-15(2,11-4-3-9-17-10-11)14(19)18-13-7-5-12(16)6-8-13/h5-8,11,17H,3-4,9-10H2,1-2H3,(H,18,19). The highest BCUT2D eigenvalue weighted by atomic mass is 127. The molecule has 0 spiro atoms. The van der Waals surface area contributed by atoms with Crippen LogP contribution in [0.3, 0.4) is 0 Å². The number of rotatable bonds is 3. The van der Waals surface area contributed by atoms with Gasteiger partial charge >= 0.3 is 0 Å². The highest BCUT2D eigenvalue weighted by Crippen LogP contribution is 2.33. The molecule has 1 fully saturated rings. The SMILES string of the molecule is CC(C)(C(=O)Nc1ccc(I)cc1)C1CCCNC1. The zero-order chi connectivity index (χ0) is 13.9. The van der Waals surface area contributed by atoms with Crippen LogP contribution in [0.4, 0.5) is 5.69 Å². The zero-order valence-corrected chi connectivity index (χ0v) is 13.7. The van der Waals surface area contributed by atoms with Crippen molar-refractivity contribution in [2.45, 2.75) is 26.7 Å². The first-order valence-electron chi connectivity index (χ1n) is 6.78. The van der Waals surface area contributed by atoms with E-state index >= 15 is 0 Å². The van der Waals surface area contributed by atoms with Crippen LogP contribution >= 0.6 is 22.6 Å². The van der Waals surface area contributed by atoms with E-state index in [9.17, 15) is 4.79 Å². The highest BCUT2D eigenvalue weighted by molar-refractivity contribution is 14.1. The summed E-state index contributed by atoms with van der Waals surface area (Å²) >= 11 is 2.26. The Balaban J connectivity index is 2.03. The van der Waals surface area contributed by atoms with Gasteiger partial charge in [0, 0.05) is 14.7 Å². The van der Waals surface area contributed by atoms with Crippen LogP contribution in [0.1, 0.15) is 26.7 Å². The number of hydrogen-bond donors (Lipinski definition) is 2. The van der Waals surface area contributed by atoms with E-state index in [4.69, 9.17) is 0 Å². The van der Waals surface area contributed by atoms with Crippen molar-refractivity contribution in [3.63, 3.8) is 0 Å². The summed E-state index contributed by atoms with van der Waals surface area (Å²) in [5.74, 6) is 0.521. The first kappa shape index (κ1) is 14.8. The van der Waals surface area contributed by atoms with Gasteiger partial charge in [0.05, 0.1) is 0 Å². The van der Waals surface area contributed by atoms with Gasteiger partial charge in [0.25, 0.3) is 0 Å². The Bertz CT molecular complexity index is 436. The second kappa shape index (κ2) is 6.22. The van der Waals surface area contributed by atoms with Crippen LogP contribution in [0.2, 0.25) is 0 Å². The quantitative estimate of drug-likeness (QED) is 0.800. The molecule has 1 unspecified atom stereocenters. The van der Waals surface area contributed by atoms with Crippen molar-refractivity contribution in [3.8, 4) is 0 Å². The van der Waals surface area contributed by atoms with Gasteiger partial charge in [-0.3, -0.25) is 4.79 Å². The van der Waals surface area contributed by atoms with E-state index in [0.29, 0.717) is 5.92 Å². The second-order valence-electron chi connectivity index (χ2n) is 5.73. The largest absolute Gasteiger partial charge is 0.326 e. The van der Waals surface area contributed by atoms with Crippen LogP contribution in [0, 0.1) is 14.9 Å². The molecule has 1 aliphatic heterocycles. The van der Waals surface area contributed by atoms with E-state index in [2.05, 4.69) is 33.2 Å². The van der Waals surface area contributed by atoms with Crippen LogP contribution in [-0.4, -0.2) is 19.0 Å². The molecule has 104 valence electrons. The van der Waals surface area contributed by atoms with Crippen LogP contribution < -0.4 is 10.6 Å². The van der Waals surface area contributed by atoms with E-state index in [1.165, 1.54) is 3.57 Å². The van der Waals surface area contributed by atoms with Gasteiger partial charge < -0.3 is 10.6 Å². The Morgan fingerprint density at radius 2 is 2.05 bits per heavy atom. The number of carbonyl (C=O) groups excluding carboxylic acids is 1. The summed E-state index contributed by atoms with van der Waals surface area (Å²) in [6.45, 7) is 6.11. The summed E-state index contributed by atoms with van der Waals surface area (Å²) in [6.07, 6.45) is 2.28. The maximum Gasteiger partial charge on any atom is 0.230 e. The molecule has 0 aromatic heterocycles. The molecule has 19 heavy (non-hydrogen) atoms. The Labute approximate surface area is 128 Å². The summed E-state index contributed by atoms with van der Waals surface area (Å²) in [7, 11) is 0. The first-order valence-corrected chi connectivity index (χ1v) is 7.86. The molecule has 1 heterocycles. The monoisotopic (exact) mass is 372 g/mol. The number of anilines is 1. The Morgan fingerprint density at radius 1 is 1.37 bits per heavy atom. The third kappa shape index (κ3) is 3.69. The van der Waals surface area contributed by atoms with E-state index in [1.54, 1.807) is 0 Å². The highest BCUT2D eigenvalue weighted by Gasteiger charge is 2.37. The van der Waals surface area contributed by atoms with Gasteiger partial charge in [-0.15, -0.1) is 0 Å². The number of carbonyl (C=O) groups is 1. The maximum absolute atomic E-state index is 12.5. The van der Waals surface area contributed by atoms with Crippen molar-refractivity contribution in [3.05, 3.63) is 27.8 Å². The lowest BCUT2D eigenvalue weighted by molar-refractivity contribution is -0.127. The third-order valence-electron chi connectivity index (χ3n) is 4.00. The summed E-state index contributed by atoms with van der Waals surface area (Å²) in [4.78, 5) is 12.5. The minimum Gasteiger partial charge on any atom is -0.326 e. The molecule has 0 saturated carbocycles. The average Bonchev–Trinajstić information content (AvgIpc) is 2.42. The number of halogens is 1. The van der Waals surface area contributed by atoms with Gasteiger partial charge in [-0.25, -0.2) is 0 Å². The molecule has 1 aliphatic rings. The molecular weight excluding hydrogens is 351 g/mol. The fraction of sp³-hybridized carbons (Fsp3) is 0.533. The fourth-order valence-electron chi connectivity index (χ4n) is 2.48. The zero-order valence-electron chi connectivity index (χ0n) is 11.5. The molecular formula is C15H21IN2O. The topological polar surface area (TPSA) is 41.1 Å². The molecule has 0 radical (unpaired) electrons. The molecule has 0 bridgehead atoms. The predicted octanol–water partition coefficient (Wildman–Crippen LogP) is 3.26. The van der Waals surface area contributed by atoms with E-state index in [0.717, 1.165) is 31.6 Å². The van der Waals surface area contributed by atoms with Crippen LogP contribution in [0.25, 0.3) is 0 Å². The Hall–Kier alpha value is -0.620. The van der Waals surface area contributed by atoms with Gasteiger partial charge in [0.1, 0.15) is 0 Å². The van der Waals surface area contributed by atoms with Gasteiger partial charge in [-0.05, 0) is 78.7 Å². The normalized spacial score (nSPS) is 20.1. The first-order chi connectivity index (χ1) is 9.00. The molecule has 4 heteroatoms. The molecule has 1 saturated heterocycles. The number of nitrogens with one attached hydrogen (secondary N) is 2. The van der Waals surface area contributed by atoms with Gasteiger partial charge in [-0.2, -0.15) is 0 Å². The smallest absolute Gasteiger partial charge is 0.230 e. The summed E-state index contributed by atoms with van der Waals surface area (Å²) in [5, 5.41) is 6.42. The molecule has 0 aliphatic carbocycles. The van der Waals surface area contributed by atoms with Crippen molar-refractivity contribution in [2.75, 3.05) is 18.4 Å². The summed E-state index contributed by atoms with van der Waals surface area (Å²) in [5.41, 5.74) is 0.540. The van der Waals surface area contributed by atoms with Gasteiger partial charge in [0.2, 0.25) is 5.91 Å². The van der Waals surface area contributed by atoms with Crippen molar-refractivity contribution < 1.29 is 4.79 Å². The lowest BCUT2D eigenvalue weighted by Gasteiger charge is -2.36. The van der Waals surface area contributed by atoms with Crippen LogP contribution in [0.15, 0.2) is 24.3 Å². The predicted molar refractivity (Wildman–Crippen MR) is 87.2 cm³/mol. The average molecular weight is 372 g/mol. The molecule has 3 nitrogen and oxygen atoms in total. The number of amides is 1. The lowest BCUT2D eigenvalue weighted by atomic mass is 9.74. The number of piperidine rings is 1. The Kier molecular flexibility index (Phi) is 4.84. The number of benzene rings is 1. The molecule has 1 aromatic rings. The minimum absolute atomic E-state index is 0.113. The van der Waals surface area contributed by atoms with Crippen LogP contribution in [0.5, 0.6) is 0 Å². The third-order valence-corrected chi connectivity index (χ3v) is 4.72. The van der Waals surface area contributed by atoms with Crippen molar-refractivity contribution in [1.29, 1.82) is 0 Å². The Morgan fingerprint density at radius 3 is 2.63 bits per heavy atom. The van der Waals surface area contributed by atoms with E-state index in [1.807, 2.05) is 38.1 Å². The lowest BCUT2D eigenvalue weighted by Crippen LogP contribution is -2.44.